The van der Waals surface area contributed by atoms with Gasteiger partial charge in [-0.05, 0) is 36.0 Å². The molecule has 2 aromatic rings. The van der Waals surface area contributed by atoms with Crippen LogP contribution in [0, 0.1) is 15.9 Å². The van der Waals surface area contributed by atoms with Gasteiger partial charge < -0.3 is 9.84 Å². The van der Waals surface area contributed by atoms with Crippen molar-refractivity contribution in [3.63, 3.8) is 0 Å². The molecular formula is C12H13BrClFN4O3. The largest absolute Gasteiger partial charge is 0.334 e. The second-order valence-corrected chi connectivity index (χ2v) is 5.25. The summed E-state index contributed by atoms with van der Waals surface area (Å²) in [6, 6.07) is 2.07. The molecule has 1 aromatic carbocycles. The molecule has 2 rings (SSSR count). The van der Waals surface area contributed by atoms with E-state index in [1.54, 1.807) is 7.05 Å². The maximum absolute atomic E-state index is 13.5. The second-order valence-electron chi connectivity index (χ2n) is 4.45. The Kier molecular flexibility index (Phi) is 6.39. The smallest absolute Gasteiger partial charge is 0.287 e. The van der Waals surface area contributed by atoms with Crippen molar-refractivity contribution in [2.75, 3.05) is 7.05 Å². The van der Waals surface area contributed by atoms with Gasteiger partial charge in [0, 0.05) is 12.5 Å². The summed E-state index contributed by atoms with van der Waals surface area (Å²) in [4.78, 5) is 14.3. The van der Waals surface area contributed by atoms with E-state index in [-0.39, 0.29) is 34.4 Å². The van der Waals surface area contributed by atoms with E-state index < -0.39 is 16.4 Å². The van der Waals surface area contributed by atoms with Gasteiger partial charge in [0.2, 0.25) is 0 Å². The number of rotatable bonds is 5. The first-order valence-corrected chi connectivity index (χ1v) is 6.85. The zero-order valence-corrected chi connectivity index (χ0v) is 14.1. The van der Waals surface area contributed by atoms with Crippen molar-refractivity contribution >= 4 is 34.0 Å². The van der Waals surface area contributed by atoms with E-state index in [0.717, 1.165) is 12.1 Å². The molecule has 0 aliphatic carbocycles. The molecule has 10 heteroatoms. The summed E-state index contributed by atoms with van der Waals surface area (Å²) >= 11 is 3.08. The van der Waals surface area contributed by atoms with Crippen LogP contribution in [0.1, 0.15) is 12.7 Å². The zero-order chi connectivity index (χ0) is 15.6. The van der Waals surface area contributed by atoms with Crippen LogP contribution in [0.25, 0.3) is 11.5 Å². The summed E-state index contributed by atoms with van der Waals surface area (Å²) < 4.78 is 18.7. The average molecular weight is 396 g/mol. The Hall–Kier alpha value is -1.58. The van der Waals surface area contributed by atoms with Crippen LogP contribution in [0.4, 0.5) is 10.1 Å². The number of halogens is 3. The van der Waals surface area contributed by atoms with E-state index in [1.165, 1.54) is 0 Å². The van der Waals surface area contributed by atoms with Crippen molar-refractivity contribution in [2.24, 2.45) is 0 Å². The van der Waals surface area contributed by atoms with Crippen LogP contribution in [0.3, 0.4) is 0 Å². The number of nitrogens with one attached hydrogen (secondary N) is 1. The summed E-state index contributed by atoms with van der Waals surface area (Å²) in [5.74, 6) is -0.281. The summed E-state index contributed by atoms with van der Waals surface area (Å²) in [6.45, 7) is 1.94. The van der Waals surface area contributed by atoms with Crippen LogP contribution in [0.15, 0.2) is 21.1 Å². The number of nitro groups is 1. The molecule has 1 atom stereocenters. The van der Waals surface area contributed by atoms with E-state index in [4.69, 9.17) is 4.52 Å². The van der Waals surface area contributed by atoms with Crippen LogP contribution in [0.5, 0.6) is 0 Å². The SMILES string of the molecule is CNC(C)Cc1noc(-c2cc(F)cc([N+](=O)[O-])c2Br)n1.Cl. The van der Waals surface area contributed by atoms with Gasteiger partial charge in [-0.25, -0.2) is 4.39 Å². The molecule has 0 aliphatic heterocycles. The number of aromatic nitrogens is 2. The maximum atomic E-state index is 13.5. The molecule has 120 valence electrons. The van der Waals surface area contributed by atoms with E-state index in [2.05, 4.69) is 31.4 Å². The van der Waals surface area contributed by atoms with Crippen molar-refractivity contribution in [1.29, 1.82) is 0 Å². The van der Waals surface area contributed by atoms with Crippen molar-refractivity contribution in [3.05, 3.63) is 38.4 Å². The highest BCUT2D eigenvalue weighted by atomic mass is 79.9. The fraction of sp³-hybridized carbons (Fsp3) is 0.333. The third-order valence-corrected chi connectivity index (χ3v) is 3.73. The summed E-state index contributed by atoms with van der Waals surface area (Å²) in [5.41, 5.74) is -0.245. The molecule has 0 saturated heterocycles. The highest BCUT2D eigenvalue weighted by Gasteiger charge is 2.22. The summed E-state index contributed by atoms with van der Waals surface area (Å²) in [5, 5.41) is 17.7. The Labute approximate surface area is 140 Å². The molecule has 0 spiro atoms. The van der Waals surface area contributed by atoms with Crippen molar-refractivity contribution in [2.45, 2.75) is 19.4 Å². The molecule has 22 heavy (non-hydrogen) atoms. The van der Waals surface area contributed by atoms with Crippen LogP contribution >= 0.6 is 28.3 Å². The normalized spacial score (nSPS) is 11.8. The minimum atomic E-state index is -0.747. The van der Waals surface area contributed by atoms with Crippen LogP contribution < -0.4 is 5.32 Å². The third kappa shape index (κ3) is 3.99. The van der Waals surface area contributed by atoms with E-state index >= 15 is 0 Å². The van der Waals surface area contributed by atoms with Gasteiger partial charge in [-0.15, -0.1) is 12.4 Å². The minimum Gasteiger partial charge on any atom is -0.334 e. The van der Waals surface area contributed by atoms with Crippen molar-refractivity contribution < 1.29 is 13.8 Å². The molecule has 0 saturated carbocycles. The Morgan fingerprint density at radius 2 is 2.23 bits per heavy atom. The van der Waals surface area contributed by atoms with Crippen molar-refractivity contribution in [3.8, 4) is 11.5 Å². The minimum absolute atomic E-state index is 0. The fourth-order valence-electron chi connectivity index (χ4n) is 1.69. The predicted molar refractivity (Wildman–Crippen MR) is 83.5 cm³/mol. The molecule has 0 amide bonds. The number of nitro benzene ring substituents is 1. The van der Waals surface area contributed by atoms with Crippen molar-refractivity contribution in [1.82, 2.24) is 15.5 Å². The zero-order valence-electron chi connectivity index (χ0n) is 11.7. The molecular weight excluding hydrogens is 383 g/mol. The molecule has 1 aromatic heterocycles. The van der Waals surface area contributed by atoms with E-state index in [0.29, 0.717) is 12.2 Å². The molecule has 0 aliphatic rings. The second kappa shape index (κ2) is 7.61. The Balaban J connectivity index is 0.00000242. The lowest BCUT2D eigenvalue weighted by Gasteiger charge is -2.04. The van der Waals surface area contributed by atoms with Gasteiger partial charge in [-0.3, -0.25) is 10.1 Å². The van der Waals surface area contributed by atoms with Crippen LogP contribution in [-0.4, -0.2) is 28.2 Å². The van der Waals surface area contributed by atoms with Gasteiger partial charge in [0.15, 0.2) is 5.82 Å². The first-order valence-electron chi connectivity index (χ1n) is 6.06. The van der Waals surface area contributed by atoms with Gasteiger partial charge >= 0.3 is 0 Å². The van der Waals surface area contributed by atoms with Crippen LogP contribution in [-0.2, 0) is 6.42 Å². The molecule has 1 unspecified atom stereocenters. The lowest BCUT2D eigenvalue weighted by atomic mass is 10.2. The molecule has 0 bridgehead atoms. The number of nitrogens with zero attached hydrogens (tertiary/aromatic N) is 3. The fourth-order valence-corrected chi connectivity index (χ4v) is 2.23. The standard InChI is InChI=1S/C12H12BrFN4O3.ClH/c1-6(15-2)3-10-16-12(21-17-10)8-4-7(14)5-9(11(8)13)18(19)20;/h4-6,15H,3H2,1-2H3;1H. The summed E-state index contributed by atoms with van der Waals surface area (Å²) in [6.07, 6.45) is 0.523. The Morgan fingerprint density at radius 1 is 1.55 bits per heavy atom. The molecule has 1 N–H and O–H groups in total. The molecule has 0 radical (unpaired) electrons. The van der Waals surface area contributed by atoms with E-state index in [1.807, 2.05) is 6.92 Å². The van der Waals surface area contributed by atoms with Crippen LogP contribution in [0.2, 0.25) is 0 Å². The van der Waals surface area contributed by atoms with Gasteiger partial charge in [0.1, 0.15) is 10.3 Å². The number of benzene rings is 1. The monoisotopic (exact) mass is 394 g/mol. The first kappa shape index (κ1) is 18.5. The van der Waals surface area contributed by atoms with E-state index in [9.17, 15) is 14.5 Å². The van der Waals surface area contributed by atoms with Gasteiger partial charge in [-0.2, -0.15) is 4.98 Å². The lowest BCUT2D eigenvalue weighted by molar-refractivity contribution is -0.385. The topological polar surface area (TPSA) is 94.1 Å². The number of hydrogen-bond donors (Lipinski definition) is 1. The summed E-state index contributed by atoms with van der Waals surface area (Å²) in [7, 11) is 1.80. The Morgan fingerprint density at radius 3 is 2.82 bits per heavy atom. The Bertz CT molecular complexity index is 682. The maximum Gasteiger partial charge on any atom is 0.287 e. The van der Waals surface area contributed by atoms with Gasteiger partial charge in [0.05, 0.1) is 16.6 Å². The number of hydrogen-bond acceptors (Lipinski definition) is 6. The van der Waals surface area contributed by atoms with Gasteiger partial charge in [0.25, 0.3) is 11.6 Å². The predicted octanol–water partition coefficient (Wildman–Crippen LogP) is 3.12. The lowest BCUT2D eigenvalue weighted by Crippen LogP contribution is -2.24. The molecule has 7 nitrogen and oxygen atoms in total. The average Bonchev–Trinajstić information content (AvgIpc) is 2.88. The third-order valence-electron chi connectivity index (χ3n) is 2.89. The highest BCUT2D eigenvalue weighted by Crippen LogP contribution is 2.35. The highest BCUT2D eigenvalue weighted by molar-refractivity contribution is 9.10. The molecule has 1 heterocycles. The number of likely N-dealkylation sites (N-methyl/N-ethyl adjacent to an activating group) is 1. The first-order chi connectivity index (χ1) is 9.92. The quantitative estimate of drug-likeness (QED) is 0.617. The molecule has 0 fully saturated rings. The van der Waals surface area contributed by atoms with Gasteiger partial charge in [-0.1, -0.05) is 5.16 Å².